The number of carbonyl (C=O) groups is 2. The van der Waals surface area contributed by atoms with E-state index in [-0.39, 0.29) is 17.3 Å². The van der Waals surface area contributed by atoms with Gasteiger partial charge in [-0.05, 0) is 92.9 Å². The molecule has 3 aromatic rings. The van der Waals surface area contributed by atoms with Gasteiger partial charge in [0.1, 0.15) is 12.6 Å². The van der Waals surface area contributed by atoms with Crippen LogP contribution in [0.1, 0.15) is 30.5 Å². The SMILES string of the molecule is CCNC(=O)C(C)N(Cc1ccc(Cl)cc1Cl)C(=O)CN(c1ccc(C)c(C)c1)S(=O)(=O)c1ccc(Cl)cc1. The molecule has 7 nitrogen and oxygen atoms in total. The van der Waals surface area contributed by atoms with Crippen LogP contribution in [0.15, 0.2) is 65.6 Å². The monoisotopic (exact) mass is 609 g/mol. The fourth-order valence-corrected chi connectivity index (χ4v) is 5.88. The van der Waals surface area contributed by atoms with E-state index >= 15 is 0 Å². The summed E-state index contributed by atoms with van der Waals surface area (Å²) in [5.74, 6) is -0.968. The van der Waals surface area contributed by atoms with E-state index in [0.717, 1.165) is 15.4 Å². The number of carbonyl (C=O) groups excluding carboxylic acids is 2. The van der Waals surface area contributed by atoms with Gasteiger partial charge in [-0.15, -0.1) is 0 Å². The highest BCUT2D eigenvalue weighted by Gasteiger charge is 2.33. The molecule has 0 bridgehead atoms. The van der Waals surface area contributed by atoms with E-state index in [2.05, 4.69) is 5.32 Å². The molecule has 11 heteroatoms. The molecule has 0 aliphatic heterocycles. The number of sulfonamides is 1. The van der Waals surface area contributed by atoms with Crippen molar-refractivity contribution in [2.24, 2.45) is 0 Å². The Balaban J connectivity index is 2.07. The van der Waals surface area contributed by atoms with Crippen molar-refractivity contribution in [2.45, 2.75) is 45.2 Å². The zero-order valence-corrected chi connectivity index (χ0v) is 25.1. The van der Waals surface area contributed by atoms with Crippen LogP contribution in [0.4, 0.5) is 5.69 Å². The summed E-state index contributed by atoms with van der Waals surface area (Å²) in [4.78, 5) is 28.0. The van der Waals surface area contributed by atoms with Gasteiger partial charge in [0, 0.05) is 28.2 Å². The molecule has 1 N–H and O–H groups in total. The first kappa shape index (κ1) is 30.8. The number of benzene rings is 3. The summed E-state index contributed by atoms with van der Waals surface area (Å²) in [6, 6.07) is 14.8. The second-order valence-corrected chi connectivity index (χ2v) is 12.2. The van der Waals surface area contributed by atoms with Gasteiger partial charge >= 0.3 is 0 Å². The summed E-state index contributed by atoms with van der Waals surface area (Å²) in [6.07, 6.45) is 0. The summed E-state index contributed by atoms with van der Waals surface area (Å²) in [5, 5.41) is 3.84. The number of likely N-dealkylation sites (N-methyl/N-ethyl adjacent to an activating group) is 1. The number of hydrogen-bond acceptors (Lipinski definition) is 4. The molecule has 0 saturated heterocycles. The molecule has 1 atom stereocenters. The quantitative estimate of drug-likeness (QED) is 0.305. The van der Waals surface area contributed by atoms with Gasteiger partial charge < -0.3 is 10.2 Å². The molecule has 0 saturated carbocycles. The van der Waals surface area contributed by atoms with Crippen molar-refractivity contribution < 1.29 is 18.0 Å². The Labute approximate surface area is 244 Å². The van der Waals surface area contributed by atoms with Crippen molar-refractivity contribution in [3.63, 3.8) is 0 Å². The van der Waals surface area contributed by atoms with Crippen molar-refractivity contribution in [1.29, 1.82) is 0 Å². The first-order valence-corrected chi connectivity index (χ1v) is 14.8. The van der Waals surface area contributed by atoms with Crippen molar-refractivity contribution in [3.05, 3.63) is 92.4 Å². The molecule has 3 aromatic carbocycles. The van der Waals surface area contributed by atoms with E-state index in [9.17, 15) is 18.0 Å². The average molecular weight is 611 g/mol. The van der Waals surface area contributed by atoms with E-state index < -0.39 is 28.5 Å². The molecule has 39 heavy (non-hydrogen) atoms. The van der Waals surface area contributed by atoms with Gasteiger partial charge in [-0.3, -0.25) is 13.9 Å². The lowest BCUT2D eigenvalue weighted by Crippen LogP contribution is -2.51. The maximum Gasteiger partial charge on any atom is 0.264 e. The van der Waals surface area contributed by atoms with Gasteiger partial charge in [-0.1, -0.05) is 46.9 Å². The van der Waals surface area contributed by atoms with Crippen LogP contribution in [0.3, 0.4) is 0 Å². The maximum absolute atomic E-state index is 13.9. The van der Waals surface area contributed by atoms with Gasteiger partial charge in [0.15, 0.2) is 0 Å². The Morgan fingerprint density at radius 1 is 0.897 bits per heavy atom. The van der Waals surface area contributed by atoms with Crippen molar-refractivity contribution >= 4 is 62.3 Å². The van der Waals surface area contributed by atoms with Crippen LogP contribution >= 0.6 is 34.8 Å². The number of nitrogens with zero attached hydrogens (tertiary/aromatic N) is 2. The lowest BCUT2D eigenvalue weighted by Gasteiger charge is -2.32. The highest BCUT2D eigenvalue weighted by Crippen LogP contribution is 2.28. The average Bonchev–Trinajstić information content (AvgIpc) is 2.88. The maximum atomic E-state index is 13.9. The molecule has 1 unspecified atom stereocenters. The highest BCUT2D eigenvalue weighted by atomic mass is 35.5. The molecule has 0 aliphatic carbocycles. The second-order valence-electron chi connectivity index (χ2n) is 9.06. The molecule has 0 aromatic heterocycles. The van der Waals surface area contributed by atoms with E-state index in [1.54, 1.807) is 50.2 Å². The summed E-state index contributed by atoms with van der Waals surface area (Å²) < 4.78 is 28.8. The predicted octanol–water partition coefficient (Wildman–Crippen LogP) is 6.01. The van der Waals surface area contributed by atoms with Gasteiger partial charge in [0.25, 0.3) is 10.0 Å². The minimum atomic E-state index is -4.19. The molecule has 0 radical (unpaired) electrons. The van der Waals surface area contributed by atoms with Crippen molar-refractivity contribution in [2.75, 3.05) is 17.4 Å². The van der Waals surface area contributed by atoms with Crippen LogP contribution in [0.2, 0.25) is 15.1 Å². The van der Waals surface area contributed by atoms with E-state index in [1.165, 1.54) is 29.2 Å². The number of amides is 2. The fourth-order valence-electron chi connectivity index (χ4n) is 3.88. The predicted molar refractivity (Wildman–Crippen MR) is 157 cm³/mol. The second kappa shape index (κ2) is 13.0. The summed E-state index contributed by atoms with van der Waals surface area (Å²) in [6.45, 7) is 6.91. The Bertz CT molecular complexity index is 1460. The summed E-state index contributed by atoms with van der Waals surface area (Å²) in [5.41, 5.74) is 2.70. The molecule has 2 amide bonds. The number of rotatable bonds is 10. The fraction of sp³-hybridized carbons (Fsp3) is 0.286. The van der Waals surface area contributed by atoms with Crippen LogP contribution in [-0.4, -0.2) is 44.3 Å². The normalized spacial score (nSPS) is 12.1. The molecular weight excluding hydrogens is 581 g/mol. The molecule has 3 rings (SSSR count). The largest absolute Gasteiger partial charge is 0.355 e. The first-order chi connectivity index (χ1) is 18.3. The third kappa shape index (κ3) is 7.45. The minimum Gasteiger partial charge on any atom is -0.355 e. The number of nitrogens with one attached hydrogen (secondary N) is 1. The Hall–Kier alpha value is -2.78. The molecule has 208 valence electrons. The summed E-state index contributed by atoms with van der Waals surface area (Å²) in [7, 11) is -4.19. The number of hydrogen-bond donors (Lipinski definition) is 1. The van der Waals surface area contributed by atoms with Crippen molar-refractivity contribution in [1.82, 2.24) is 10.2 Å². The summed E-state index contributed by atoms with van der Waals surface area (Å²) >= 11 is 18.4. The Kier molecular flexibility index (Phi) is 10.3. The van der Waals surface area contributed by atoms with E-state index in [4.69, 9.17) is 34.8 Å². The molecule has 0 spiro atoms. The lowest BCUT2D eigenvalue weighted by atomic mass is 10.1. The van der Waals surface area contributed by atoms with Crippen LogP contribution in [-0.2, 0) is 26.2 Å². The van der Waals surface area contributed by atoms with Crippen LogP contribution in [0.25, 0.3) is 0 Å². The topological polar surface area (TPSA) is 86.8 Å². The number of halogens is 3. The van der Waals surface area contributed by atoms with Crippen LogP contribution in [0.5, 0.6) is 0 Å². The Morgan fingerprint density at radius 3 is 2.13 bits per heavy atom. The third-order valence-corrected chi connectivity index (χ3v) is 8.96. The van der Waals surface area contributed by atoms with E-state index in [1.807, 2.05) is 13.8 Å². The molecule has 0 heterocycles. The zero-order chi connectivity index (χ0) is 28.9. The number of anilines is 1. The van der Waals surface area contributed by atoms with Gasteiger partial charge in [-0.2, -0.15) is 0 Å². The van der Waals surface area contributed by atoms with E-state index in [0.29, 0.717) is 32.9 Å². The standard InChI is InChI=1S/C28H30Cl3N3O4S/c1-5-32-28(36)20(4)33(16-21-7-8-23(30)15-26(21)31)27(35)17-34(24-11-6-18(2)19(3)14-24)39(37,38)25-12-9-22(29)10-13-25/h6-15,20H,5,16-17H2,1-4H3,(H,32,36). The number of aryl methyl sites for hydroxylation is 2. The highest BCUT2D eigenvalue weighted by molar-refractivity contribution is 7.92. The molecule has 0 fully saturated rings. The molecule has 0 aliphatic rings. The van der Waals surface area contributed by atoms with Gasteiger partial charge in [0.2, 0.25) is 11.8 Å². The third-order valence-electron chi connectivity index (χ3n) is 6.33. The molecular formula is C28H30Cl3N3O4S. The Morgan fingerprint density at radius 2 is 1.54 bits per heavy atom. The lowest BCUT2D eigenvalue weighted by molar-refractivity contribution is -0.139. The van der Waals surface area contributed by atoms with Crippen molar-refractivity contribution in [3.8, 4) is 0 Å². The van der Waals surface area contributed by atoms with Crippen LogP contribution in [0, 0.1) is 13.8 Å². The minimum absolute atomic E-state index is 0.0259. The van der Waals surface area contributed by atoms with Crippen LogP contribution < -0.4 is 9.62 Å². The zero-order valence-electron chi connectivity index (χ0n) is 22.0. The van der Waals surface area contributed by atoms with Gasteiger partial charge in [-0.25, -0.2) is 8.42 Å². The first-order valence-electron chi connectivity index (χ1n) is 12.2. The van der Waals surface area contributed by atoms with Gasteiger partial charge in [0.05, 0.1) is 10.6 Å². The smallest absolute Gasteiger partial charge is 0.264 e.